The molecule has 5 nitrogen and oxygen atoms in total. The number of primary amides is 1. The van der Waals surface area contributed by atoms with Crippen molar-refractivity contribution in [2.75, 3.05) is 19.6 Å². The van der Waals surface area contributed by atoms with E-state index in [1.54, 1.807) is 0 Å². The molecule has 0 saturated heterocycles. The van der Waals surface area contributed by atoms with Gasteiger partial charge in [0.2, 0.25) is 11.8 Å². The maximum atomic E-state index is 11.9. The Kier molecular flexibility index (Phi) is 6.70. The van der Waals surface area contributed by atoms with Crippen molar-refractivity contribution in [3.05, 3.63) is 0 Å². The van der Waals surface area contributed by atoms with Crippen LogP contribution in [0.25, 0.3) is 0 Å². The highest BCUT2D eigenvalue weighted by Crippen LogP contribution is 2.08. The number of carbonyl (C=O) groups excluding carboxylic acids is 2. The molecule has 0 saturated carbocycles. The van der Waals surface area contributed by atoms with E-state index >= 15 is 0 Å². The van der Waals surface area contributed by atoms with Gasteiger partial charge in [0, 0.05) is 13.1 Å². The number of nitrogens with zero attached hydrogens (tertiary/aromatic N) is 1. The molecule has 0 spiro atoms. The summed E-state index contributed by atoms with van der Waals surface area (Å²) in [5.74, 6) is -0.743. The van der Waals surface area contributed by atoms with Gasteiger partial charge in [0.25, 0.3) is 0 Å². The lowest BCUT2D eigenvalue weighted by atomic mass is 10.0. The molecule has 0 fully saturated rings. The zero-order valence-electron chi connectivity index (χ0n) is 9.53. The maximum Gasteiger partial charge on any atom is 0.237 e. The van der Waals surface area contributed by atoms with Crippen molar-refractivity contribution in [1.82, 2.24) is 4.90 Å². The highest BCUT2D eigenvalue weighted by Gasteiger charge is 2.22. The first-order chi connectivity index (χ1) is 7.06. The number of hydrogen-bond donors (Lipinski definition) is 2. The topological polar surface area (TPSA) is 89.4 Å². The number of likely N-dealkylation sites (N-methyl/N-ethyl adjacent to an activating group) is 1. The van der Waals surface area contributed by atoms with Crippen molar-refractivity contribution < 1.29 is 9.59 Å². The SMILES string of the molecule is CCCC(CN)C(=O)N(CC)CC(N)=O. The van der Waals surface area contributed by atoms with Crippen molar-refractivity contribution in [3.63, 3.8) is 0 Å². The largest absolute Gasteiger partial charge is 0.368 e. The van der Waals surface area contributed by atoms with Gasteiger partial charge < -0.3 is 16.4 Å². The minimum atomic E-state index is -0.488. The van der Waals surface area contributed by atoms with Crippen LogP contribution in [0, 0.1) is 5.92 Å². The lowest BCUT2D eigenvalue weighted by Crippen LogP contribution is -2.43. The van der Waals surface area contributed by atoms with Gasteiger partial charge in [-0.25, -0.2) is 0 Å². The summed E-state index contributed by atoms with van der Waals surface area (Å²) in [5, 5.41) is 0. The van der Waals surface area contributed by atoms with Crippen LogP contribution in [-0.2, 0) is 9.59 Å². The molecule has 88 valence electrons. The molecule has 0 heterocycles. The predicted molar refractivity (Wildman–Crippen MR) is 58.9 cm³/mol. The van der Waals surface area contributed by atoms with Crippen LogP contribution in [0.2, 0.25) is 0 Å². The Morgan fingerprint density at radius 2 is 1.93 bits per heavy atom. The molecule has 4 N–H and O–H groups in total. The van der Waals surface area contributed by atoms with Gasteiger partial charge in [0.15, 0.2) is 0 Å². The molecule has 1 atom stereocenters. The Bertz CT molecular complexity index is 219. The third kappa shape index (κ3) is 4.78. The van der Waals surface area contributed by atoms with Crippen LogP contribution in [-0.4, -0.2) is 36.3 Å². The fourth-order valence-electron chi connectivity index (χ4n) is 1.48. The third-order valence-electron chi connectivity index (χ3n) is 2.31. The Morgan fingerprint density at radius 1 is 1.33 bits per heavy atom. The summed E-state index contributed by atoms with van der Waals surface area (Å²) >= 11 is 0. The molecule has 15 heavy (non-hydrogen) atoms. The van der Waals surface area contributed by atoms with E-state index in [4.69, 9.17) is 11.5 Å². The molecule has 0 aliphatic carbocycles. The summed E-state index contributed by atoms with van der Waals surface area (Å²) in [4.78, 5) is 24.1. The van der Waals surface area contributed by atoms with Crippen molar-refractivity contribution in [2.45, 2.75) is 26.7 Å². The first-order valence-electron chi connectivity index (χ1n) is 5.33. The minimum absolute atomic E-state index is 0.0183. The van der Waals surface area contributed by atoms with Crippen LogP contribution < -0.4 is 11.5 Å². The summed E-state index contributed by atoms with van der Waals surface area (Å²) in [6, 6.07) is 0. The van der Waals surface area contributed by atoms with Gasteiger partial charge in [0.1, 0.15) is 0 Å². The summed E-state index contributed by atoms with van der Waals surface area (Å²) in [5.41, 5.74) is 10.6. The van der Waals surface area contributed by atoms with Crippen LogP contribution in [0.3, 0.4) is 0 Å². The van der Waals surface area contributed by atoms with Gasteiger partial charge >= 0.3 is 0 Å². The second-order valence-corrected chi connectivity index (χ2v) is 3.54. The van der Waals surface area contributed by atoms with Crippen molar-refractivity contribution in [2.24, 2.45) is 17.4 Å². The molecule has 0 radical (unpaired) electrons. The molecule has 0 bridgehead atoms. The average Bonchev–Trinajstić information content (AvgIpc) is 2.21. The Labute approximate surface area is 90.8 Å². The Morgan fingerprint density at radius 3 is 2.27 bits per heavy atom. The second-order valence-electron chi connectivity index (χ2n) is 3.54. The number of hydrogen-bond acceptors (Lipinski definition) is 3. The molecular formula is C10H21N3O2. The highest BCUT2D eigenvalue weighted by molar-refractivity contribution is 5.85. The van der Waals surface area contributed by atoms with Crippen molar-refractivity contribution in [1.29, 1.82) is 0 Å². The van der Waals surface area contributed by atoms with Gasteiger partial charge in [-0.15, -0.1) is 0 Å². The number of rotatable bonds is 7. The van der Waals surface area contributed by atoms with E-state index in [1.165, 1.54) is 4.90 Å². The highest BCUT2D eigenvalue weighted by atomic mass is 16.2. The van der Waals surface area contributed by atoms with Gasteiger partial charge in [0.05, 0.1) is 12.5 Å². The Hall–Kier alpha value is -1.10. The Balaban J connectivity index is 4.39. The molecule has 0 aliphatic heterocycles. The summed E-state index contributed by atoms with van der Waals surface area (Å²) in [7, 11) is 0. The van der Waals surface area contributed by atoms with Gasteiger partial charge in [-0.2, -0.15) is 0 Å². The van der Waals surface area contributed by atoms with E-state index < -0.39 is 5.91 Å². The number of nitrogens with two attached hydrogens (primary N) is 2. The van der Waals surface area contributed by atoms with Gasteiger partial charge in [-0.3, -0.25) is 9.59 Å². The van der Waals surface area contributed by atoms with Crippen LogP contribution >= 0.6 is 0 Å². The number of carbonyl (C=O) groups is 2. The molecule has 2 amide bonds. The van der Waals surface area contributed by atoms with E-state index in [9.17, 15) is 9.59 Å². The lowest BCUT2D eigenvalue weighted by Gasteiger charge is -2.24. The van der Waals surface area contributed by atoms with Crippen LogP contribution in [0.1, 0.15) is 26.7 Å². The maximum absolute atomic E-state index is 11.9. The molecular weight excluding hydrogens is 194 g/mol. The average molecular weight is 215 g/mol. The van der Waals surface area contributed by atoms with Crippen molar-refractivity contribution >= 4 is 11.8 Å². The summed E-state index contributed by atoms with van der Waals surface area (Å²) < 4.78 is 0. The molecule has 0 aromatic rings. The van der Waals surface area contributed by atoms with Crippen LogP contribution in [0.15, 0.2) is 0 Å². The molecule has 5 heteroatoms. The fraction of sp³-hybridized carbons (Fsp3) is 0.800. The smallest absolute Gasteiger partial charge is 0.237 e. The fourth-order valence-corrected chi connectivity index (χ4v) is 1.48. The molecule has 0 aromatic carbocycles. The van der Waals surface area contributed by atoms with E-state index in [1.807, 2.05) is 13.8 Å². The van der Waals surface area contributed by atoms with Crippen molar-refractivity contribution in [3.8, 4) is 0 Å². The van der Waals surface area contributed by atoms with E-state index in [-0.39, 0.29) is 18.4 Å². The predicted octanol–water partition coefficient (Wildman–Crippen LogP) is -0.305. The van der Waals surface area contributed by atoms with Crippen LogP contribution in [0.4, 0.5) is 0 Å². The first-order valence-corrected chi connectivity index (χ1v) is 5.33. The first kappa shape index (κ1) is 13.9. The monoisotopic (exact) mass is 215 g/mol. The van der Waals surface area contributed by atoms with E-state index in [0.29, 0.717) is 13.1 Å². The number of amides is 2. The second kappa shape index (κ2) is 7.23. The zero-order chi connectivity index (χ0) is 11.8. The third-order valence-corrected chi connectivity index (χ3v) is 2.31. The molecule has 0 aromatic heterocycles. The van der Waals surface area contributed by atoms with Gasteiger partial charge in [-0.1, -0.05) is 13.3 Å². The van der Waals surface area contributed by atoms with E-state index in [2.05, 4.69) is 0 Å². The normalized spacial score (nSPS) is 12.2. The van der Waals surface area contributed by atoms with E-state index in [0.717, 1.165) is 12.8 Å². The minimum Gasteiger partial charge on any atom is -0.368 e. The zero-order valence-corrected chi connectivity index (χ0v) is 9.53. The molecule has 0 aliphatic rings. The summed E-state index contributed by atoms with van der Waals surface area (Å²) in [6.07, 6.45) is 1.66. The molecule has 1 unspecified atom stereocenters. The standard InChI is InChI=1S/C10H21N3O2/c1-3-5-8(6-11)10(15)13(4-2)7-9(12)14/h8H,3-7,11H2,1-2H3,(H2,12,14). The quantitative estimate of drug-likeness (QED) is 0.610. The van der Waals surface area contributed by atoms with Crippen LogP contribution in [0.5, 0.6) is 0 Å². The summed E-state index contributed by atoms with van der Waals surface area (Å²) in [6.45, 7) is 4.61. The molecule has 0 rings (SSSR count). The van der Waals surface area contributed by atoms with Gasteiger partial charge in [-0.05, 0) is 13.3 Å². The lowest BCUT2D eigenvalue weighted by molar-refractivity contribution is -0.138.